The van der Waals surface area contributed by atoms with Gasteiger partial charge < -0.3 is 14.2 Å². The van der Waals surface area contributed by atoms with Gasteiger partial charge in [0.05, 0.1) is 18.9 Å². The molecule has 0 heterocycles. The van der Waals surface area contributed by atoms with Crippen molar-refractivity contribution in [3.8, 4) is 0 Å². The molecule has 2 aromatic rings. The lowest BCUT2D eigenvalue weighted by Crippen LogP contribution is -2.44. The number of benzene rings is 2. The second-order valence-corrected chi connectivity index (χ2v) is 8.85. The van der Waals surface area contributed by atoms with Crippen LogP contribution < -0.4 is 0 Å². The van der Waals surface area contributed by atoms with Crippen molar-refractivity contribution in [2.24, 2.45) is 4.99 Å². The Labute approximate surface area is 198 Å². The first kappa shape index (κ1) is 26.5. The topological polar surface area (TPSA) is 57.1 Å². The third-order valence-electron chi connectivity index (χ3n) is 4.98. The van der Waals surface area contributed by atoms with E-state index in [9.17, 15) is 4.79 Å². The Morgan fingerprint density at radius 1 is 0.909 bits per heavy atom. The van der Waals surface area contributed by atoms with Crippen molar-refractivity contribution in [1.82, 2.24) is 0 Å². The number of carbonyl (C=O) groups is 1. The first-order chi connectivity index (χ1) is 15.8. The summed E-state index contributed by atoms with van der Waals surface area (Å²) >= 11 is 0. The van der Waals surface area contributed by atoms with Crippen molar-refractivity contribution in [1.29, 1.82) is 0 Å². The smallest absolute Gasteiger partial charge is 0.334 e. The van der Waals surface area contributed by atoms with E-state index in [0.29, 0.717) is 32.7 Å². The monoisotopic (exact) mass is 451 g/mol. The third kappa shape index (κ3) is 8.60. The highest BCUT2D eigenvalue weighted by atomic mass is 16.6. The van der Waals surface area contributed by atoms with Crippen LogP contribution >= 0.6 is 0 Å². The number of allylic oxidation sites excluding steroid dienone is 1. The van der Waals surface area contributed by atoms with Gasteiger partial charge in [-0.15, -0.1) is 0 Å². The minimum atomic E-state index is -1.13. The van der Waals surface area contributed by atoms with E-state index in [0.717, 1.165) is 16.8 Å². The van der Waals surface area contributed by atoms with Crippen molar-refractivity contribution < 1.29 is 19.0 Å². The summed E-state index contributed by atoms with van der Waals surface area (Å²) in [6.45, 7) is 8.88. The molecule has 0 bridgehead atoms. The van der Waals surface area contributed by atoms with Crippen molar-refractivity contribution in [3.63, 3.8) is 0 Å². The average Bonchev–Trinajstić information content (AvgIpc) is 2.80. The Hall–Kier alpha value is -2.76. The maximum absolute atomic E-state index is 13.7. The van der Waals surface area contributed by atoms with Gasteiger partial charge in [-0.3, -0.25) is 4.99 Å². The highest BCUT2D eigenvalue weighted by molar-refractivity contribution is 6.13. The number of nitrogens with zero attached hydrogens (tertiary/aromatic N) is 1. The highest BCUT2D eigenvalue weighted by Crippen LogP contribution is 2.29. The Bertz CT molecular complexity index is 859. The van der Waals surface area contributed by atoms with Crippen LogP contribution in [0.25, 0.3) is 0 Å². The molecule has 5 heteroatoms. The van der Waals surface area contributed by atoms with Crippen molar-refractivity contribution in [3.05, 3.63) is 83.9 Å². The number of carbonyl (C=O) groups excluding carboxylic acids is 1. The fourth-order valence-corrected chi connectivity index (χ4v) is 3.31. The van der Waals surface area contributed by atoms with Gasteiger partial charge >= 0.3 is 5.97 Å². The van der Waals surface area contributed by atoms with Crippen LogP contribution in [0.15, 0.2) is 77.8 Å². The van der Waals surface area contributed by atoms with Gasteiger partial charge in [-0.2, -0.15) is 0 Å². The number of hydrogen-bond donors (Lipinski definition) is 0. The van der Waals surface area contributed by atoms with Crippen LogP contribution in [0.1, 0.15) is 51.7 Å². The van der Waals surface area contributed by atoms with E-state index < -0.39 is 11.1 Å². The molecular formula is C28H37NO4. The summed E-state index contributed by atoms with van der Waals surface area (Å²) in [5.41, 5.74) is 0.872. The zero-order valence-corrected chi connectivity index (χ0v) is 20.5. The van der Waals surface area contributed by atoms with E-state index in [4.69, 9.17) is 19.2 Å². The number of aliphatic imine (C=N–C) groups is 1. The van der Waals surface area contributed by atoms with Crippen LogP contribution in [0.3, 0.4) is 0 Å². The molecule has 0 N–H and O–H groups in total. The van der Waals surface area contributed by atoms with E-state index in [-0.39, 0.29) is 5.97 Å². The van der Waals surface area contributed by atoms with E-state index in [2.05, 4.69) is 0 Å². The Morgan fingerprint density at radius 2 is 1.48 bits per heavy atom. The van der Waals surface area contributed by atoms with E-state index >= 15 is 0 Å². The van der Waals surface area contributed by atoms with Crippen LogP contribution in [0.2, 0.25) is 0 Å². The first-order valence-electron chi connectivity index (χ1n) is 11.4. The molecule has 5 nitrogen and oxygen atoms in total. The molecule has 33 heavy (non-hydrogen) atoms. The second-order valence-electron chi connectivity index (χ2n) is 8.85. The molecule has 0 fully saturated rings. The summed E-state index contributed by atoms with van der Waals surface area (Å²) in [7, 11) is 1.64. The average molecular weight is 452 g/mol. The minimum absolute atomic E-state index is 0.354. The number of ether oxygens (including phenoxy) is 3. The van der Waals surface area contributed by atoms with Gasteiger partial charge in [0.15, 0.2) is 5.54 Å². The molecule has 0 amide bonds. The molecule has 1 atom stereocenters. The molecule has 1 unspecified atom stereocenters. The van der Waals surface area contributed by atoms with Crippen LogP contribution in [0.4, 0.5) is 0 Å². The maximum atomic E-state index is 13.7. The van der Waals surface area contributed by atoms with E-state index in [1.54, 1.807) is 7.11 Å². The van der Waals surface area contributed by atoms with Crippen molar-refractivity contribution in [2.75, 3.05) is 26.9 Å². The summed E-state index contributed by atoms with van der Waals surface area (Å²) in [6.07, 6.45) is 4.70. The van der Waals surface area contributed by atoms with Crippen LogP contribution in [0, 0.1) is 0 Å². The number of rotatable bonds is 12. The molecule has 178 valence electrons. The van der Waals surface area contributed by atoms with Gasteiger partial charge in [0, 0.05) is 37.7 Å². The molecular weight excluding hydrogens is 414 g/mol. The lowest BCUT2D eigenvalue weighted by Gasteiger charge is -2.32. The normalized spacial score (nSPS) is 13.5. The first-order valence-corrected chi connectivity index (χ1v) is 11.4. The molecule has 2 rings (SSSR count). The number of esters is 1. The standard InChI is InChI=1S/C28H37NO4/c1-6-7-18-28(19-20-32-22-21-31-5,26(30)33-27(2,3)4)29-25(23-14-10-8-11-15-23)24-16-12-9-13-17-24/h6-17H,18-22H2,1-5H3. The third-order valence-corrected chi connectivity index (χ3v) is 4.98. The lowest BCUT2D eigenvalue weighted by atomic mass is 9.90. The van der Waals surface area contributed by atoms with Crippen molar-refractivity contribution in [2.45, 2.75) is 51.7 Å². The molecule has 0 radical (unpaired) electrons. The number of methoxy groups -OCH3 is 1. The molecule has 2 aromatic carbocycles. The summed E-state index contributed by atoms with van der Waals surface area (Å²) in [5, 5.41) is 0. The van der Waals surface area contributed by atoms with Gasteiger partial charge in [0.25, 0.3) is 0 Å². The molecule has 0 aliphatic heterocycles. The van der Waals surface area contributed by atoms with Gasteiger partial charge in [-0.25, -0.2) is 4.79 Å². The van der Waals surface area contributed by atoms with E-state index in [1.807, 2.05) is 101 Å². The predicted octanol–water partition coefficient (Wildman–Crippen LogP) is 5.62. The quantitative estimate of drug-likeness (QED) is 0.182. The second kappa shape index (κ2) is 13.1. The Morgan fingerprint density at radius 3 is 1.97 bits per heavy atom. The predicted molar refractivity (Wildman–Crippen MR) is 134 cm³/mol. The highest BCUT2D eigenvalue weighted by Gasteiger charge is 2.41. The van der Waals surface area contributed by atoms with Crippen LogP contribution in [0.5, 0.6) is 0 Å². The zero-order valence-electron chi connectivity index (χ0n) is 20.5. The summed E-state index contributed by atoms with van der Waals surface area (Å²) in [4.78, 5) is 18.8. The molecule has 0 spiro atoms. The fourth-order valence-electron chi connectivity index (χ4n) is 3.31. The molecule has 0 saturated heterocycles. The molecule has 0 aliphatic carbocycles. The van der Waals surface area contributed by atoms with Crippen LogP contribution in [-0.4, -0.2) is 49.8 Å². The Balaban J connectivity index is 2.61. The summed E-state index contributed by atoms with van der Waals surface area (Å²) in [5.74, 6) is -0.354. The maximum Gasteiger partial charge on any atom is 0.334 e. The van der Waals surface area contributed by atoms with Crippen LogP contribution in [-0.2, 0) is 19.0 Å². The minimum Gasteiger partial charge on any atom is -0.458 e. The van der Waals surface area contributed by atoms with Gasteiger partial charge in [0.2, 0.25) is 0 Å². The van der Waals surface area contributed by atoms with E-state index in [1.165, 1.54) is 0 Å². The summed E-state index contributed by atoms with van der Waals surface area (Å²) in [6, 6.07) is 19.9. The van der Waals surface area contributed by atoms with Crippen molar-refractivity contribution >= 4 is 11.7 Å². The zero-order chi connectivity index (χ0) is 24.2. The SMILES string of the molecule is CC=CCC(CCOCCOC)(N=C(c1ccccc1)c1ccccc1)C(=O)OC(C)(C)C. The summed E-state index contributed by atoms with van der Waals surface area (Å²) < 4.78 is 16.7. The van der Waals surface area contributed by atoms with Gasteiger partial charge in [-0.1, -0.05) is 72.8 Å². The van der Waals surface area contributed by atoms with Gasteiger partial charge in [-0.05, 0) is 27.7 Å². The largest absolute Gasteiger partial charge is 0.458 e. The molecule has 0 saturated carbocycles. The van der Waals surface area contributed by atoms with Gasteiger partial charge in [0.1, 0.15) is 5.60 Å². The molecule has 0 aromatic heterocycles. The number of hydrogen-bond acceptors (Lipinski definition) is 5. The fraction of sp³-hybridized carbons (Fsp3) is 0.429. The Kier molecular flexibility index (Phi) is 10.5. The lowest BCUT2D eigenvalue weighted by molar-refractivity contribution is -0.162. The molecule has 0 aliphatic rings.